The summed E-state index contributed by atoms with van der Waals surface area (Å²) in [6.07, 6.45) is 1.67. The van der Waals surface area contributed by atoms with Gasteiger partial charge in [-0.15, -0.1) is 0 Å². The predicted octanol–water partition coefficient (Wildman–Crippen LogP) is 0.788. The Bertz CT molecular complexity index is 594. The van der Waals surface area contributed by atoms with Crippen LogP contribution in [-0.4, -0.2) is 14.6 Å². The van der Waals surface area contributed by atoms with E-state index in [0.717, 1.165) is 5.69 Å². The average molecular weight is 205 g/mol. The SMILES string of the molecule is CC1(C)OCc2c1n1nccc1[nH]c2=O. The van der Waals surface area contributed by atoms with E-state index in [1.54, 1.807) is 16.8 Å². The Hall–Kier alpha value is -1.62. The van der Waals surface area contributed by atoms with Gasteiger partial charge in [0.05, 0.1) is 24.1 Å². The molecule has 78 valence electrons. The molecular formula is C10H11N3O2. The minimum atomic E-state index is -0.451. The summed E-state index contributed by atoms with van der Waals surface area (Å²) >= 11 is 0. The molecule has 3 heterocycles. The van der Waals surface area contributed by atoms with Gasteiger partial charge in [0.15, 0.2) is 0 Å². The first-order valence-electron chi connectivity index (χ1n) is 4.83. The minimum absolute atomic E-state index is 0.0800. The van der Waals surface area contributed by atoms with Crippen LogP contribution in [0.1, 0.15) is 25.1 Å². The molecule has 0 saturated heterocycles. The maximum atomic E-state index is 11.7. The molecule has 1 N–H and O–H groups in total. The lowest BCUT2D eigenvalue weighted by atomic mass is 10.0. The smallest absolute Gasteiger partial charge is 0.257 e. The molecule has 0 atom stereocenters. The van der Waals surface area contributed by atoms with Crippen LogP contribution in [0, 0.1) is 0 Å². The minimum Gasteiger partial charge on any atom is -0.364 e. The Labute approximate surface area is 85.7 Å². The van der Waals surface area contributed by atoms with Crippen LogP contribution in [0.4, 0.5) is 0 Å². The summed E-state index contributed by atoms with van der Waals surface area (Å²) in [7, 11) is 0. The molecule has 0 radical (unpaired) electrons. The van der Waals surface area contributed by atoms with Crippen molar-refractivity contribution in [1.82, 2.24) is 14.6 Å². The number of nitrogens with zero attached hydrogens (tertiary/aromatic N) is 2. The first-order valence-corrected chi connectivity index (χ1v) is 4.83. The molecule has 0 aliphatic carbocycles. The van der Waals surface area contributed by atoms with Crippen molar-refractivity contribution < 1.29 is 4.74 Å². The van der Waals surface area contributed by atoms with Gasteiger partial charge < -0.3 is 9.72 Å². The Balaban J connectivity index is 2.53. The van der Waals surface area contributed by atoms with E-state index in [1.165, 1.54) is 0 Å². The highest BCUT2D eigenvalue weighted by molar-refractivity contribution is 5.42. The van der Waals surface area contributed by atoms with Crippen LogP contribution in [0.15, 0.2) is 17.1 Å². The quantitative estimate of drug-likeness (QED) is 0.691. The highest BCUT2D eigenvalue weighted by Gasteiger charge is 2.35. The number of hydrogen-bond acceptors (Lipinski definition) is 3. The van der Waals surface area contributed by atoms with Crippen LogP contribution in [0.25, 0.3) is 5.65 Å². The van der Waals surface area contributed by atoms with E-state index in [0.29, 0.717) is 17.8 Å². The summed E-state index contributed by atoms with van der Waals surface area (Å²) < 4.78 is 7.33. The fraction of sp³-hybridized carbons (Fsp3) is 0.400. The highest BCUT2D eigenvalue weighted by atomic mass is 16.5. The van der Waals surface area contributed by atoms with Crippen LogP contribution >= 0.6 is 0 Å². The van der Waals surface area contributed by atoms with Crippen LogP contribution in [0.3, 0.4) is 0 Å². The van der Waals surface area contributed by atoms with Crippen molar-refractivity contribution in [2.45, 2.75) is 26.1 Å². The number of rotatable bonds is 0. The van der Waals surface area contributed by atoms with E-state index < -0.39 is 5.60 Å². The summed E-state index contributed by atoms with van der Waals surface area (Å²) in [6, 6.07) is 1.77. The lowest BCUT2D eigenvalue weighted by Gasteiger charge is -2.18. The van der Waals surface area contributed by atoms with Crippen molar-refractivity contribution >= 4 is 5.65 Å². The van der Waals surface area contributed by atoms with Gasteiger partial charge in [0, 0.05) is 6.07 Å². The molecule has 0 unspecified atom stereocenters. The Morgan fingerprint density at radius 3 is 3.20 bits per heavy atom. The van der Waals surface area contributed by atoms with Gasteiger partial charge in [-0.3, -0.25) is 4.79 Å². The summed E-state index contributed by atoms with van der Waals surface area (Å²) in [5, 5.41) is 4.19. The molecule has 0 spiro atoms. The fourth-order valence-electron chi connectivity index (χ4n) is 2.08. The molecule has 0 saturated carbocycles. The van der Waals surface area contributed by atoms with Gasteiger partial charge in [-0.2, -0.15) is 5.10 Å². The molecule has 2 aromatic rings. The van der Waals surface area contributed by atoms with Gasteiger partial charge in [-0.1, -0.05) is 0 Å². The van der Waals surface area contributed by atoms with E-state index in [1.807, 2.05) is 13.8 Å². The zero-order chi connectivity index (χ0) is 10.6. The lowest BCUT2D eigenvalue weighted by molar-refractivity contribution is -0.0112. The standard InChI is InChI=1S/C10H11N3O2/c1-10(2)8-6(5-15-10)9(14)12-7-3-4-11-13(7)8/h3-4H,5H2,1-2H3,(H,12,14). The molecule has 0 aromatic carbocycles. The molecule has 0 amide bonds. The predicted molar refractivity (Wildman–Crippen MR) is 53.6 cm³/mol. The molecule has 0 fully saturated rings. The number of hydrogen-bond donors (Lipinski definition) is 1. The normalized spacial score (nSPS) is 18.3. The Morgan fingerprint density at radius 2 is 2.40 bits per heavy atom. The Morgan fingerprint density at radius 1 is 1.60 bits per heavy atom. The van der Waals surface area contributed by atoms with E-state index >= 15 is 0 Å². The van der Waals surface area contributed by atoms with Crippen molar-refractivity contribution in [3.63, 3.8) is 0 Å². The maximum Gasteiger partial charge on any atom is 0.257 e. The first-order chi connectivity index (χ1) is 7.09. The topological polar surface area (TPSA) is 59.4 Å². The van der Waals surface area contributed by atoms with Gasteiger partial charge >= 0.3 is 0 Å². The van der Waals surface area contributed by atoms with Gasteiger partial charge in [0.25, 0.3) is 5.56 Å². The third kappa shape index (κ3) is 1.01. The largest absolute Gasteiger partial charge is 0.364 e. The van der Waals surface area contributed by atoms with Crippen LogP contribution in [0.5, 0.6) is 0 Å². The molecule has 1 aliphatic heterocycles. The van der Waals surface area contributed by atoms with Gasteiger partial charge in [-0.25, -0.2) is 4.52 Å². The molecule has 3 rings (SSSR count). The zero-order valence-corrected chi connectivity index (χ0v) is 8.57. The van der Waals surface area contributed by atoms with Crippen LogP contribution in [-0.2, 0) is 16.9 Å². The zero-order valence-electron chi connectivity index (χ0n) is 8.57. The van der Waals surface area contributed by atoms with E-state index in [4.69, 9.17) is 4.74 Å². The third-order valence-corrected chi connectivity index (χ3v) is 2.80. The monoisotopic (exact) mass is 205 g/mol. The summed E-state index contributed by atoms with van der Waals surface area (Å²) in [5.41, 5.74) is 1.71. The van der Waals surface area contributed by atoms with Crippen molar-refractivity contribution in [2.24, 2.45) is 0 Å². The van der Waals surface area contributed by atoms with E-state index in [-0.39, 0.29) is 5.56 Å². The van der Waals surface area contributed by atoms with E-state index in [2.05, 4.69) is 10.1 Å². The second kappa shape index (κ2) is 2.49. The lowest BCUT2D eigenvalue weighted by Crippen LogP contribution is -2.23. The fourth-order valence-corrected chi connectivity index (χ4v) is 2.08. The number of ether oxygens (including phenoxy) is 1. The molecular weight excluding hydrogens is 194 g/mol. The van der Waals surface area contributed by atoms with E-state index in [9.17, 15) is 4.79 Å². The molecule has 15 heavy (non-hydrogen) atoms. The van der Waals surface area contributed by atoms with Gasteiger partial charge in [-0.05, 0) is 13.8 Å². The van der Waals surface area contributed by atoms with Crippen molar-refractivity contribution in [2.75, 3.05) is 0 Å². The van der Waals surface area contributed by atoms with Crippen molar-refractivity contribution in [3.05, 3.63) is 33.9 Å². The summed E-state index contributed by atoms with van der Waals surface area (Å²) in [4.78, 5) is 14.5. The number of aromatic nitrogens is 3. The summed E-state index contributed by atoms with van der Waals surface area (Å²) in [5.74, 6) is 0. The van der Waals surface area contributed by atoms with Crippen LogP contribution in [0.2, 0.25) is 0 Å². The second-order valence-corrected chi connectivity index (χ2v) is 4.21. The first kappa shape index (κ1) is 8.67. The molecule has 2 aromatic heterocycles. The molecule has 5 heteroatoms. The van der Waals surface area contributed by atoms with Crippen LogP contribution < -0.4 is 5.56 Å². The third-order valence-electron chi connectivity index (χ3n) is 2.80. The molecule has 0 bridgehead atoms. The van der Waals surface area contributed by atoms with Gasteiger partial charge in [0.1, 0.15) is 11.2 Å². The second-order valence-electron chi connectivity index (χ2n) is 4.21. The summed E-state index contributed by atoms with van der Waals surface area (Å²) in [6.45, 7) is 4.24. The average Bonchev–Trinajstić information content (AvgIpc) is 2.70. The molecule has 1 aliphatic rings. The molecule has 5 nitrogen and oxygen atoms in total. The number of nitrogens with one attached hydrogen (secondary N) is 1. The Kier molecular flexibility index (Phi) is 1.44. The van der Waals surface area contributed by atoms with Crippen molar-refractivity contribution in [1.29, 1.82) is 0 Å². The number of fused-ring (bicyclic) bond motifs is 3. The van der Waals surface area contributed by atoms with Crippen molar-refractivity contribution in [3.8, 4) is 0 Å². The van der Waals surface area contributed by atoms with Gasteiger partial charge in [0.2, 0.25) is 0 Å². The number of aromatic amines is 1. The maximum absolute atomic E-state index is 11.7. The highest BCUT2D eigenvalue weighted by Crippen LogP contribution is 2.33. The number of H-pyrrole nitrogens is 1.